The molecule has 0 radical (unpaired) electrons. The van der Waals surface area contributed by atoms with Crippen LogP contribution < -0.4 is 14.8 Å². The topological polar surface area (TPSA) is 47.6 Å². The predicted octanol–water partition coefficient (Wildman–Crippen LogP) is 3.22. The fourth-order valence-electron chi connectivity index (χ4n) is 1.82. The number of halogens is 1. The van der Waals surface area contributed by atoms with Crippen molar-refractivity contribution in [3.8, 4) is 11.5 Å². The lowest BCUT2D eigenvalue weighted by Gasteiger charge is -2.09. The van der Waals surface area contributed by atoms with Gasteiger partial charge in [-0.15, -0.1) is 0 Å². The second-order valence-corrected chi connectivity index (χ2v) is 5.20. The molecule has 2 aromatic carbocycles. The fraction of sp³-hybridized carbons (Fsp3) is 0.235. The molecule has 0 aliphatic heterocycles. The molecule has 0 aliphatic carbocycles. The molecular weight excluding hydrogens is 302 g/mol. The zero-order chi connectivity index (χ0) is 15.8. The van der Waals surface area contributed by atoms with E-state index in [0.29, 0.717) is 23.9 Å². The van der Waals surface area contributed by atoms with E-state index in [1.54, 1.807) is 24.3 Å². The molecular formula is C17H18ClNO3. The molecule has 1 N–H and O–H groups in total. The maximum absolute atomic E-state index is 11.6. The number of nitrogens with one attached hydrogen (secondary N) is 1. The van der Waals surface area contributed by atoms with E-state index in [2.05, 4.69) is 5.32 Å². The largest absolute Gasteiger partial charge is 0.492 e. The van der Waals surface area contributed by atoms with Crippen LogP contribution in [0.5, 0.6) is 11.5 Å². The van der Waals surface area contributed by atoms with E-state index in [9.17, 15) is 4.79 Å². The van der Waals surface area contributed by atoms with Crippen LogP contribution in [-0.4, -0.2) is 25.7 Å². The zero-order valence-corrected chi connectivity index (χ0v) is 13.1. The molecule has 0 bridgehead atoms. The number of ether oxygens (including phenoxy) is 2. The van der Waals surface area contributed by atoms with E-state index in [1.807, 2.05) is 31.2 Å². The van der Waals surface area contributed by atoms with Crippen LogP contribution in [0.25, 0.3) is 0 Å². The maximum Gasteiger partial charge on any atom is 0.258 e. The lowest BCUT2D eigenvalue weighted by Crippen LogP contribution is -2.32. The lowest BCUT2D eigenvalue weighted by molar-refractivity contribution is -0.123. The van der Waals surface area contributed by atoms with Crippen LogP contribution in [0.15, 0.2) is 48.5 Å². The van der Waals surface area contributed by atoms with Gasteiger partial charge in [-0.2, -0.15) is 0 Å². The molecule has 1 amide bonds. The average Bonchev–Trinajstić information content (AvgIpc) is 2.50. The number of amides is 1. The Morgan fingerprint density at radius 3 is 2.55 bits per heavy atom. The van der Waals surface area contributed by atoms with E-state index in [1.165, 1.54) is 0 Å². The summed E-state index contributed by atoms with van der Waals surface area (Å²) in [6.45, 7) is 2.78. The first-order valence-electron chi connectivity index (χ1n) is 6.98. The standard InChI is InChI=1S/C17H18ClNO3/c1-13-4-2-6-15(10-13)21-9-8-19-17(20)12-22-16-7-3-5-14(18)11-16/h2-7,10-11H,8-9,12H2,1H3,(H,19,20). The zero-order valence-electron chi connectivity index (χ0n) is 12.3. The minimum atomic E-state index is -0.201. The quantitative estimate of drug-likeness (QED) is 0.797. The highest BCUT2D eigenvalue weighted by Crippen LogP contribution is 2.16. The van der Waals surface area contributed by atoms with Crippen LogP contribution >= 0.6 is 11.6 Å². The first-order valence-corrected chi connectivity index (χ1v) is 7.36. The summed E-state index contributed by atoms with van der Waals surface area (Å²) in [4.78, 5) is 11.6. The summed E-state index contributed by atoms with van der Waals surface area (Å²) < 4.78 is 10.9. The molecule has 4 nitrogen and oxygen atoms in total. The van der Waals surface area contributed by atoms with Crippen LogP contribution in [-0.2, 0) is 4.79 Å². The third-order valence-electron chi connectivity index (χ3n) is 2.85. The second kappa shape index (κ2) is 8.29. The van der Waals surface area contributed by atoms with Gasteiger partial charge in [-0.1, -0.05) is 29.8 Å². The smallest absolute Gasteiger partial charge is 0.258 e. The normalized spacial score (nSPS) is 10.1. The van der Waals surface area contributed by atoms with E-state index >= 15 is 0 Å². The molecule has 2 aromatic rings. The molecule has 0 spiro atoms. The van der Waals surface area contributed by atoms with E-state index in [-0.39, 0.29) is 12.5 Å². The molecule has 0 fully saturated rings. The molecule has 0 unspecified atom stereocenters. The number of rotatable bonds is 7. The summed E-state index contributed by atoms with van der Waals surface area (Å²) in [7, 11) is 0. The Labute approximate surface area is 135 Å². The number of hydrogen-bond acceptors (Lipinski definition) is 3. The van der Waals surface area contributed by atoms with Crippen molar-refractivity contribution in [3.63, 3.8) is 0 Å². The summed E-state index contributed by atoms with van der Waals surface area (Å²) >= 11 is 5.83. The van der Waals surface area contributed by atoms with Crippen molar-refractivity contribution in [1.82, 2.24) is 5.32 Å². The van der Waals surface area contributed by atoms with Crippen molar-refractivity contribution in [3.05, 3.63) is 59.1 Å². The summed E-state index contributed by atoms with van der Waals surface area (Å²) in [5.74, 6) is 1.16. The van der Waals surface area contributed by atoms with Gasteiger partial charge in [-0.05, 0) is 42.8 Å². The van der Waals surface area contributed by atoms with Crippen molar-refractivity contribution in [2.45, 2.75) is 6.92 Å². The van der Waals surface area contributed by atoms with Crippen molar-refractivity contribution < 1.29 is 14.3 Å². The maximum atomic E-state index is 11.6. The monoisotopic (exact) mass is 319 g/mol. The van der Waals surface area contributed by atoms with Crippen LogP contribution in [0, 0.1) is 6.92 Å². The summed E-state index contributed by atoms with van der Waals surface area (Å²) in [5.41, 5.74) is 1.14. The Morgan fingerprint density at radius 1 is 1.09 bits per heavy atom. The molecule has 0 aromatic heterocycles. The van der Waals surface area contributed by atoms with Crippen LogP contribution in [0.1, 0.15) is 5.56 Å². The van der Waals surface area contributed by atoms with Gasteiger partial charge >= 0.3 is 0 Å². The summed E-state index contributed by atoms with van der Waals surface area (Å²) in [6, 6.07) is 14.7. The Kier molecular flexibility index (Phi) is 6.10. The summed E-state index contributed by atoms with van der Waals surface area (Å²) in [5, 5.41) is 3.30. The molecule has 0 heterocycles. The Hall–Kier alpha value is -2.20. The van der Waals surface area contributed by atoms with E-state index in [4.69, 9.17) is 21.1 Å². The minimum absolute atomic E-state index is 0.0508. The summed E-state index contributed by atoms with van der Waals surface area (Å²) in [6.07, 6.45) is 0. The van der Waals surface area contributed by atoms with Gasteiger partial charge in [0.2, 0.25) is 0 Å². The number of carbonyl (C=O) groups excluding carboxylic acids is 1. The van der Waals surface area contributed by atoms with Gasteiger partial charge in [0.05, 0.1) is 6.54 Å². The SMILES string of the molecule is Cc1cccc(OCCNC(=O)COc2cccc(Cl)c2)c1. The first kappa shape index (κ1) is 16.2. The van der Waals surface area contributed by atoms with Crippen molar-refractivity contribution >= 4 is 17.5 Å². The Bertz CT molecular complexity index is 631. The van der Waals surface area contributed by atoms with Crippen molar-refractivity contribution in [1.29, 1.82) is 0 Å². The molecule has 22 heavy (non-hydrogen) atoms. The van der Waals surface area contributed by atoms with Gasteiger partial charge in [-0.3, -0.25) is 4.79 Å². The average molecular weight is 320 g/mol. The fourth-order valence-corrected chi connectivity index (χ4v) is 2.00. The number of benzene rings is 2. The predicted molar refractivity (Wildman–Crippen MR) is 86.6 cm³/mol. The Morgan fingerprint density at radius 2 is 1.82 bits per heavy atom. The number of aryl methyl sites for hydroxylation is 1. The lowest BCUT2D eigenvalue weighted by atomic mass is 10.2. The molecule has 0 saturated carbocycles. The van der Waals surface area contributed by atoms with Crippen LogP contribution in [0.2, 0.25) is 5.02 Å². The van der Waals surface area contributed by atoms with E-state index < -0.39 is 0 Å². The van der Waals surface area contributed by atoms with Crippen LogP contribution in [0.3, 0.4) is 0 Å². The van der Waals surface area contributed by atoms with Gasteiger partial charge in [0.25, 0.3) is 5.91 Å². The molecule has 0 saturated heterocycles. The highest BCUT2D eigenvalue weighted by Gasteiger charge is 2.03. The molecule has 0 aliphatic rings. The Balaban J connectivity index is 1.63. The second-order valence-electron chi connectivity index (χ2n) is 4.76. The van der Waals surface area contributed by atoms with Crippen LogP contribution in [0.4, 0.5) is 0 Å². The van der Waals surface area contributed by atoms with Crippen molar-refractivity contribution in [2.75, 3.05) is 19.8 Å². The highest BCUT2D eigenvalue weighted by atomic mass is 35.5. The van der Waals surface area contributed by atoms with Gasteiger partial charge in [0.1, 0.15) is 18.1 Å². The van der Waals surface area contributed by atoms with Gasteiger partial charge < -0.3 is 14.8 Å². The molecule has 0 atom stereocenters. The number of hydrogen-bond donors (Lipinski definition) is 1. The van der Waals surface area contributed by atoms with Gasteiger partial charge in [0.15, 0.2) is 6.61 Å². The highest BCUT2D eigenvalue weighted by molar-refractivity contribution is 6.30. The minimum Gasteiger partial charge on any atom is -0.492 e. The number of carbonyl (C=O) groups is 1. The van der Waals surface area contributed by atoms with Gasteiger partial charge in [0, 0.05) is 5.02 Å². The third-order valence-corrected chi connectivity index (χ3v) is 3.08. The molecule has 2 rings (SSSR count). The van der Waals surface area contributed by atoms with Gasteiger partial charge in [-0.25, -0.2) is 0 Å². The van der Waals surface area contributed by atoms with Crippen molar-refractivity contribution in [2.24, 2.45) is 0 Å². The first-order chi connectivity index (χ1) is 10.6. The third kappa shape index (κ3) is 5.66. The molecule has 5 heteroatoms. The molecule has 116 valence electrons. The van der Waals surface area contributed by atoms with E-state index in [0.717, 1.165) is 11.3 Å².